The summed E-state index contributed by atoms with van der Waals surface area (Å²) in [5.41, 5.74) is 3.43. The van der Waals surface area contributed by atoms with Crippen molar-refractivity contribution >= 4 is 11.9 Å². The molecule has 1 aromatic heterocycles. The Kier molecular flexibility index (Phi) is 4.90. The lowest BCUT2D eigenvalue weighted by atomic mass is 10.1. The minimum Gasteiger partial charge on any atom is -0.481 e. The van der Waals surface area contributed by atoms with Gasteiger partial charge < -0.3 is 19.3 Å². The van der Waals surface area contributed by atoms with Gasteiger partial charge in [-0.2, -0.15) is 0 Å². The zero-order valence-electron chi connectivity index (χ0n) is 14.4. The van der Waals surface area contributed by atoms with Crippen molar-refractivity contribution in [1.82, 2.24) is 9.47 Å². The summed E-state index contributed by atoms with van der Waals surface area (Å²) in [6.07, 6.45) is -0.108. The molecule has 1 atom stereocenters. The standard InChI is InChI=1S/C19H22N2O4/c1-13-10-17(14(2)21(13)15-6-4-3-5-7-15)19(24)20-8-9-25-12-16(20)11-18(22)23/h3-7,10,16H,8-9,11-12H2,1-2H3,(H,22,23). The Morgan fingerprint density at radius 1 is 1.24 bits per heavy atom. The van der Waals surface area contributed by atoms with Crippen molar-refractivity contribution in [3.05, 3.63) is 53.3 Å². The van der Waals surface area contributed by atoms with E-state index in [4.69, 9.17) is 9.84 Å². The largest absolute Gasteiger partial charge is 0.481 e. The van der Waals surface area contributed by atoms with Gasteiger partial charge in [0.2, 0.25) is 0 Å². The lowest BCUT2D eigenvalue weighted by molar-refractivity contribution is -0.139. The Hall–Kier alpha value is -2.60. The molecule has 1 unspecified atom stereocenters. The van der Waals surface area contributed by atoms with Gasteiger partial charge in [-0.3, -0.25) is 9.59 Å². The highest BCUT2D eigenvalue weighted by molar-refractivity contribution is 5.96. The average molecular weight is 342 g/mol. The zero-order valence-corrected chi connectivity index (χ0v) is 14.4. The second-order valence-electron chi connectivity index (χ2n) is 6.28. The number of aliphatic carboxylic acids is 1. The molecule has 3 rings (SSSR count). The van der Waals surface area contributed by atoms with E-state index in [0.29, 0.717) is 18.7 Å². The Labute approximate surface area is 146 Å². The Morgan fingerprint density at radius 2 is 1.96 bits per heavy atom. The molecule has 1 aliphatic rings. The van der Waals surface area contributed by atoms with E-state index in [2.05, 4.69) is 0 Å². The molecule has 25 heavy (non-hydrogen) atoms. The first-order chi connectivity index (χ1) is 12.0. The van der Waals surface area contributed by atoms with Crippen molar-refractivity contribution in [2.24, 2.45) is 0 Å². The summed E-state index contributed by atoms with van der Waals surface area (Å²) >= 11 is 0. The van der Waals surface area contributed by atoms with Crippen molar-refractivity contribution < 1.29 is 19.4 Å². The molecule has 1 aromatic carbocycles. The Bertz CT molecular complexity index is 782. The SMILES string of the molecule is Cc1cc(C(=O)N2CCOCC2CC(=O)O)c(C)n1-c1ccccc1. The number of carboxylic acids is 1. The number of morpholine rings is 1. The number of amides is 1. The zero-order chi connectivity index (χ0) is 18.0. The van der Waals surface area contributed by atoms with Gasteiger partial charge in [-0.25, -0.2) is 0 Å². The molecule has 1 aliphatic heterocycles. The Morgan fingerprint density at radius 3 is 2.64 bits per heavy atom. The van der Waals surface area contributed by atoms with Crippen LogP contribution in [0.5, 0.6) is 0 Å². The molecule has 1 fully saturated rings. The minimum absolute atomic E-state index is 0.108. The second kappa shape index (κ2) is 7.11. The van der Waals surface area contributed by atoms with E-state index in [1.165, 1.54) is 0 Å². The summed E-state index contributed by atoms with van der Waals surface area (Å²) in [7, 11) is 0. The van der Waals surface area contributed by atoms with Crippen molar-refractivity contribution in [2.75, 3.05) is 19.8 Å². The third-order valence-electron chi connectivity index (χ3n) is 4.57. The molecule has 0 bridgehead atoms. The van der Waals surface area contributed by atoms with Gasteiger partial charge >= 0.3 is 5.97 Å². The maximum atomic E-state index is 13.1. The molecule has 0 aliphatic carbocycles. The highest BCUT2D eigenvalue weighted by Gasteiger charge is 2.31. The van der Waals surface area contributed by atoms with Crippen LogP contribution in [-0.4, -0.2) is 52.3 Å². The number of hydrogen-bond donors (Lipinski definition) is 1. The van der Waals surface area contributed by atoms with Crippen LogP contribution in [0.25, 0.3) is 5.69 Å². The lowest BCUT2D eigenvalue weighted by Crippen LogP contribution is -2.49. The van der Waals surface area contributed by atoms with Gasteiger partial charge in [0.1, 0.15) is 0 Å². The van der Waals surface area contributed by atoms with Crippen LogP contribution in [0.1, 0.15) is 28.2 Å². The quantitative estimate of drug-likeness (QED) is 0.926. The third-order valence-corrected chi connectivity index (χ3v) is 4.57. The molecule has 0 radical (unpaired) electrons. The van der Waals surface area contributed by atoms with Crippen LogP contribution in [0.3, 0.4) is 0 Å². The van der Waals surface area contributed by atoms with Crippen LogP contribution in [-0.2, 0) is 9.53 Å². The number of aryl methyl sites for hydroxylation is 1. The minimum atomic E-state index is -0.928. The number of hydrogen-bond acceptors (Lipinski definition) is 3. The maximum absolute atomic E-state index is 13.1. The van der Waals surface area contributed by atoms with Gasteiger partial charge in [-0.05, 0) is 32.0 Å². The summed E-state index contributed by atoms with van der Waals surface area (Å²) in [4.78, 5) is 25.8. The van der Waals surface area contributed by atoms with Crippen molar-refractivity contribution in [3.63, 3.8) is 0 Å². The van der Waals surface area contributed by atoms with E-state index < -0.39 is 12.0 Å². The summed E-state index contributed by atoms with van der Waals surface area (Å²) in [5.74, 6) is -1.06. The van der Waals surface area contributed by atoms with E-state index in [1.54, 1.807) is 4.90 Å². The summed E-state index contributed by atoms with van der Waals surface area (Å²) in [5, 5.41) is 9.09. The lowest BCUT2D eigenvalue weighted by Gasteiger charge is -2.34. The summed E-state index contributed by atoms with van der Waals surface area (Å²) < 4.78 is 7.41. The van der Waals surface area contributed by atoms with Gasteiger partial charge in [-0.1, -0.05) is 18.2 Å². The fraction of sp³-hybridized carbons (Fsp3) is 0.368. The first-order valence-electron chi connectivity index (χ1n) is 8.34. The van der Waals surface area contributed by atoms with Crippen LogP contribution in [0.4, 0.5) is 0 Å². The number of rotatable bonds is 4. The van der Waals surface area contributed by atoms with Gasteiger partial charge in [0.15, 0.2) is 0 Å². The molecule has 0 saturated carbocycles. The molecular weight excluding hydrogens is 320 g/mol. The van der Waals surface area contributed by atoms with Crippen molar-refractivity contribution in [1.29, 1.82) is 0 Å². The molecule has 1 saturated heterocycles. The number of carbonyl (C=O) groups is 2. The number of carbonyl (C=O) groups excluding carboxylic acids is 1. The van der Waals surface area contributed by atoms with Crippen LogP contribution in [0.2, 0.25) is 0 Å². The fourth-order valence-electron chi connectivity index (χ4n) is 3.40. The smallest absolute Gasteiger partial charge is 0.305 e. The van der Waals surface area contributed by atoms with Crippen LogP contribution < -0.4 is 0 Å². The molecule has 6 heteroatoms. The monoisotopic (exact) mass is 342 g/mol. The number of aromatic nitrogens is 1. The molecule has 2 heterocycles. The van der Waals surface area contributed by atoms with Crippen molar-refractivity contribution in [2.45, 2.75) is 26.3 Å². The van der Waals surface area contributed by atoms with Gasteiger partial charge in [0, 0.05) is 23.6 Å². The molecule has 0 spiro atoms. The van der Waals surface area contributed by atoms with Crippen LogP contribution in [0.15, 0.2) is 36.4 Å². The average Bonchev–Trinajstić information content (AvgIpc) is 2.89. The van der Waals surface area contributed by atoms with E-state index in [-0.39, 0.29) is 18.9 Å². The predicted octanol–water partition coefficient (Wildman–Crippen LogP) is 2.41. The summed E-state index contributed by atoms with van der Waals surface area (Å²) in [6.45, 7) is 4.98. The number of nitrogens with zero attached hydrogens (tertiary/aromatic N) is 2. The second-order valence-corrected chi connectivity index (χ2v) is 6.28. The Balaban J connectivity index is 1.93. The van der Waals surface area contributed by atoms with Gasteiger partial charge in [0.25, 0.3) is 5.91 Å². The van der Waals surface area contributed by atoms with E-state index in [9.17, 15) is 9.59 Å². The highest BCUT2D eigenvalue weighted by Crippen LogP contribution is 2.24. The number of carboxylic acid groups (broad SMARTS) is 1. The van der Waals surface area contributed by atoms with E-state index in [1.807, 2.05) is 54.8 Å². The van der Waals surface area contributed by atoms with Crippen LogP contribution >= 0.6 is 0 Å². The predicted molar refractivity (Wildman–Crippen MR) is 93.1 cm³/mol. The first-order valence-corrected chi connectivity index (χ1v) is 8.34. The topological polar surface area (TPSA) is 71.8 Å². The van der Waals surface area contributed by atoms with Crippen molar-refractivity contribution in [3.8, 4) is 5.69 Å². The molecule has 1 amide bonds. The van der Waals surface area contributed by atoms with E-state index in [0.717, 1.165) is 17.1 Å². The molecule has 132 valence electrons. The number of para-hydroxylation sites is 1. The molecular formula is C19H22N2O4. The van der Waals surface area contributed by atoms with Gasteiger partial charge in [-0.15, -0.1) is 0 Å². The van der Waals surface area contributed by atoms with Gasteiger partial charge in [0.05, 0.1) is 31.2 Å². The molecule has 2 aromatic rings. The number of ether oxygens (including phenoxy) is 1. The molecule has 6 nitrogen and oxygen atoms in total. The van der Waals surface area contributed by atoms with E-state index >= 15 is 0 Å². The molecule has 1 N–H and O–H groups in total. The fourth-order valence-corrected chi connectivity index (χ4v) is 3.40. The summed E-state index contributed by atoms with van der Waals surface area (Å²) in [6, 6.07) is 11.3. The normalized spacial score (nSPS) is 17.5. The maximum Gasteiger partial charge on any atom is 0.305 e. The third kappa shape index (κ3) is 3.44. The van der Waals surface area contributed by atoms with Crippen LogP contribution in [0, 0.1) is 13.8 Å². The number of benzene rings is 1. The highest BCUT2D eigenvalue weighted by atomic mass is 16.5. The first kappa shape index (κ1) is 17.2.